The fraction of sp³-hybridized carbons (Fsp3) is 0.391. The van der Waals surface area contributed by atoms with Crippen LogP contribution >= 0.6 is 34.8 Å². The van der Waals surface area contributed by atoms with Gasteiger partial charge in [0.2, 0.25) is 0 Å². The Morgan fingerprint density at radius 2 is 1.79 bits per heavy atom. The van der Waals surface area contributed by atoms with Crippen LogP contribution in [0.2, 0.25) is 15.1 Å². The number of ether oxygens (including phenoxy) is 2. The summed E-state index contributed by atoms with van der Waals surface area (Å²) in [6, 6.07) is 9.08. The summed E-state index contributed by atoms with van der Waals surface area (Å²) in [6.45, 7) is 1.85. The van der Waals surface area contributed by atoms with Crippen LogP contribution in [0.25, 0.3) is 0 Å². The van der Waals surface area contributed by atoms with Gasteiger partial charge in [-0.15, -0.1) is 0 Å². The van der Waals surface area contributed by atoms with E-state index in [-0.39, 0.29) is 6.61 Å². The van der Waals surface area contributed by atoms with Gasteiger partial charge in [0.05, 0.1) is 7.11 Å². The largest absolute Gasteiger partial charge is 0.493 e. The number of hydrogen-bond acceptors (Lipinski definition) is 3. The zero-order valence-corrected chi connectivity index (χ0v) is 18.8. The fourth-order valence-corrected chi connectivity index (χ4v) is 4.14. The van der Waals surface area contributed by atoms with Crippen molar-refractivity contribution < 1.29 is 9.47 Å². The highest BCUT2D eigenvalue weighted by Crippen LogP contribution is 2.35. The molecular formula is C23H26Cl3NO2. The van der Waals surface area contributed by atoms with Gasteiger partial charge in [0.1, 0.15) is 6.61 Å². The highest BCUT2D eigenvalue weighted by atomic mass is 35.5. The Balaban J connectivity index is 1.60. The minimum Gasteiger partial charge on any atom is -0.493 e. The Labute approximate surface area is 187 Å². The lowest BCUT2D eigenvalue weighted by Crippen LogP contribution is -2.16. The van der Waals surface area contributed by atoms with E-state index < -0.39 is 0 Å². The molecule has 1 aliphatic rings. The molecule has 2 aromatic carbocycles. The number of nitrogens with one attached hydrogen (secondary N) is 1. The summed E-state index contributed by atoms with van der Waals surface area (Å²) >= 11 is 18.9. The van der Waals surface area contributed by atoms with Gasteiger partial charge in [0.15, 0.2) is 11.5 Å². The van der Waals surface area contributed by atoms with Crippen molar-refractivity contribution in [1.82, 2.24) is 5.32 Å². The molecule has 0 radical (unpaired) electrons. The number of hydrogen-bond donors (Lipinski definition) is 1. The zero-order chi connectivity index (χ0) is 20.6. The molecule has 0 saturated heterocycles. The van der Waals surface area contributed by atoms with Crippen LogP contribution in [0.15, 0.2) is 42.0 Å². The van der Waals surface area contributed by atoms with Crippen molar-refractivity contribution in [3.8, 4) is 11.5 Å². The summed E-state index contributed by atoms with van der Waals surface area (Å²) in [5, 5.41) is 5.24. The normalized spacial score (nSPS) is 13.9. The van der Waals surface area contributed by atoms with E-state index in [1.165, 1.54) is 25.7 Å². The highest BCUT2D eigenvalue weighted by Gasteiger charge is 2.13. The van der Waals surface area contributed by atoms with Gasteiger partial charge in [0, 0.05) is 33.2 Å². The lowest BCUT2D eigenvalue weighted by atomic mass is 9.97. The van der Waals surface area contributed by atoms with Crippen LogP contribution in [0.5, 0.6) is 11.5 Å². The molecule has 6 heteroatoms. The van der Waals surface area contributed by atoms with E-state index in [1.54, 1.807) is 36.9 Å². The topological polar surface area (TPSA) is 30.5 Å². The summed E-state index contributed by atoms with van der Waals surface area (Å²) in [5.74, 6) is 1.19. The molecule has 0 heterocycles. The minimum absolute atomic E-state index is 0.234. The monoisotopic (exact) mass is 453 g/mol. The second-order valence-corrected chi connectivity index (χ2v) is 8.34. The van der Waals surface area contributed by atoms with Gasteiger partial charge in [-0.2, -0.15) is 0 Å². The van der Waals surface area contributed by atoms with Crippen molar-refractivity contribution in [2.75, 3.05) is 13.7 Å². The Kier molecular flexibility index (Phi) is 8.55. The molecule has 3 nitrogen and oxygen atoms in total. The predicted molar refractivity (Wildman–Crippen MR) is 122 cm³/mol. The first-order chi connectivity index (χ1) is 14.1. The molecule has 29 heavy (non-hydrogen) atoms. The van der Waals surface area contributed by atoms with Gasteiger partial charge in [0.25, 0.3) is 0 Å². The van der Waals surface area contributed by atoms with Crippen molar-refractivity contribution in [2.24, 2.45) is 0 Å². The maximum atomic E-state index is 6.49. The Hall–Kier alpha value is -1.39. The molecule has 1 aliphatic carbocycles. The molecule has 2 aromatic rings. The molecule has 1 N–H and O–H groups in total. The van der Waals surface area contributed by atoms with Crippen LogP contribution in [0.3, 0.4) is 0 Å². The number of halogens is 3. The summed E-state index contributed by atoms with van der Waals surface area (Å²) in [5.41, 5.74) is 3.27. The second-order valence-electron chi connectivity index (χ2n) is 7.12. The molecule has 0 aromatic heterocycles. The quantitative estimate of drug-likeness (QED) is 0.320. The predicted octanol–water partition coefficient (Wildman–Crippen LogP) is 7.21. The summed E-state index contributed by atoms with van der Waals surface area (Å²) < 4.78 is 11.4. The van der Waals surface area contributed by atoms with Gasteiger partial charge >= 0.3 is 0 Å². The minimum atomic E-state index is 0.234. The van der Waals surface area contributed by atoms with Crippen molar-refractivity contribution in [2.45, 2.75) is 45.3 Å². The number of benzene rings is 2. The standard InChI is InChI=1S/C23H26Cl3NO2/c1-28-22-12-17(14-27-11-10-16-6-3-2-4-7-16)21(26)13-23(22)29-15-18-19(24)8-5-9-20(18)25/h5-6,8-9,12-13,27H,2-4,7,10-11,14-15H2,1H3. The summed E-state index contributed by atoms with van der Waals surface area (Å²) in [6.07, 6.45) is 8.57. The maximum Gasteiger partial charge on any atom is 0.163 e. The van der Waals surface area contributed by atoms with E-state index in [9.17, 15) is 0 Å². The highest BCUT2D eigenvalue weighted by molar-refractivity contribution is 6.36. The van der Waals surface area contributed by atoms with E-state index in [4.69, 9.17) is 44.3 Å². The SMILES string of the molecule is COc1cc(CNCCC2=CCCCC2)c(Cl)cc1OCc1c(Cl)cccc1Cl. The van der Waals surface area contributed by atoms with E-state index in [0.717, 1.165) is 24.1 Å². The number of methoxy groups -OCH3 is 1. The average Bonchev–Trinajstić information content (AvgIpc) is 2.72. The molecule has 0 atom stereocenters. The first-order valence-corrected chi connectivity index (χ1v) is 11.0. The molecule has 0 bridgehead atoms. The van der Waals surface area contributed by atoms with Gasteiger partial charge in [-0.3, -0.25) is 0 Å². The van der Waals surface area contributed by atoms with E-state index >= 15 is 0 Å². The van der Waals surface area contributed by atoms with Crippen LogP contribution in [0, 0.1) is 0 Å². The molecular weight excluding hydrogens is 429 g/mol. The number of allylic oxidation sites excluding steroid dienone is 1. The van der Waals surface area contributed by atoms with Gasteiger partial charge in [-0.05, 0) is 62.4 Å². The first-order valence-electron chi connectivity index (χ1n) is 9.89. The van der Waals surface area contributed by atoms with Crippen molar-refractivity contribution in [3.63, 3.8) is 0 Å². The Morgan fingerprint density at radius 3 is 2.48 bits per heavy atom. The molecule has 0 unspecified atom stereocenters. The Morgan fingerprint density at radius 1 is 1.00 bits per heavy atom. The van der Waals surface area contributed by atoms with Crippen molar-refractivity contribution in [1.29, 1.82) is 0 Å². The van der Waals surface area contributed by atoms with Gasteiger partial charge < -0.3 is 14.8 Å². The van der Waals surface area contributed by atoms with E-state index in [0.29, 0.717) is 33.1 Å². The third kappa shape index (κ3) is 6.29. The molecule has 0 fully saturated rings. The molecule has 0 spiro atoms. The summed E-state index contributed by atoms with van der Waals surface area (Å²) in [7, 11) is 1.62. The molecule has 3 rings (SSSR count). The average molecular weight is 455 g/mol. The van der Waals surface area contributed by atoms with E-state index in [1.807, 2.05) is 6.07 Å². The van der Waals surface area contributed by atoms with E-state index in [2.05, 4.69) is 11.4 Å². The fourth-order valence-electron chi connectivity index (χ4n) is 3.41. The third-order valence-electron chi connectivity index (χ3n) is 5.09. The van der Waals surface area contributed by atoms with Crippen LogP contribution in [-0.4, -0.2) is 13.7 Å². The molecule has 0 aliphatic heterocycles. The zero-order valence-electron chi connectivity index (χ0n) is 16.6. The molecule has 0 saturated carbocycles. The molecule has 156 valence electrons. The summed E-state index contributed by atoms with van der Waals surface area (Å²) in [4.78, 5) is 0. The van der Waals surface area contributed by atoms with Crippen LogP contribution in [0.4, 0.5) is 0 Å². The molecule has 0 amide bonds. The van der Waals surface area contributed by atoms with Crippen molar-refractivity contribution in [3.05, 3.63) is 68.2 Å². The van der Waals surface area contributed by atoms with Crippen LogP contribution in [-0.2, 0) is 13.2 Å². The van der Waals surface area contributed by atoms with Crippen LogP contribution in [0.1, 0.15) is 43.2 Å². The van der Waals surface area contributed by atoms with Crippen molar-refractivity contribution >= 4 is 34.8 Å². The smallest absolute Gasteiger partial charge is 0.163 e. The third-order valence-corrected chi connectivity index (χ3v) is 6.15. The second kappa shape index (κ2) is 11.1. The first kappa shape index (κ1) is 22.3. The van der Waals surface area contributed by atoms with Gasteiger partial charge in [-0.25, -0.2) is 0 Å². The van der Waals surface area contributed by atoms with Crippen LogP contribution < -0.4 is 14.8 Å². The number of rotatable bonds is 9. The lowest BCUT2D eigenvalue weighted by Gasteiger charge is -2.16. The maximum absolute atomic E-state index is 6.49. The van der Waals surface area contributed by atoms with Gasteiger partial charge in [-0.1, -0.05) is 52.5 Å². The Bertz CT molecular complexity index is 847. The lowest BCUT2D eigenvalue weighted by molar-refractivity contribution is 0.284.